The van der Waals surface area contributed by atoms with Crippen molar-refractivity contribution in [2.24, 2.45) is 5.92 Å². The van der Waals surface area contributed by atoms with Crippen LogP contribution in [0.4, 0.5) is 0 Å². The summed E-state index contributed by atoms with van der Waals surface area (Å²) in [4.78, 5) is 13.1. The van der Waals surface area contributed by atoms with E-state index < -0.39 is 11.0 Å². The number of hydrogen-bond donors (Lipinski definition) is 4. The van der Waals surface area contributed by atoms with Crippen molar-refractivity contribution in [1.82, 2.24) is 0 Å². The Morgan fingerprint density at radius 3 is 2.42 bits per heavy atom. The van der Waals surface area contributed by atoms with Gasteiger partial charge < -0.3 is 29.6 Å². The highest BCUT2D eigenvalue weighted by Crippen LogP contribution is 2.40. The fourth-order valence-corrected chi connectivity index (χ4v) is 3.86. The maximum Gasteiger partial charge on any atom is 0.197 e. The molecule has 1 unspecified atom stereocenters. The number of allylic oxidation sites excluding steroid dienone is 1. The molecular formula is C26H30O7. The van der Waals surface area contributed by atoms with Crippen molar-refractivity contribution in [3.63, 3.8) is 0 Å². The summed E-state index contributed by atoms with van der Waals surface area (Å²) in [5.74, 6) is -0.308. The van der Waals surface area contributed by atoms with Crippen LogP contribution < -0.4 is 10.2 Å². The van der Waals surface area contributed by atoms with Crippen LogP contribution in [0.25, 0.3) is 22.3 Å². The van der Waals surface area contributed by atoms with Crippen LogP contribution in [0.2, 0.25) is 0 Å². The average molecular weight is 455 g/mol. The molecule has 7 heteroatoms. The van der Waals surface area contributed by atoms with Crippen LogP contribution in [-0.2, 0) is 6.42 Å². The zero-order valence-corrected chi connectivity index (χ0v) is 19.3. The number of hydrogen-bond acceptors (Lipinski definition) is 7. The summed E-state index contributed by atoms with van der Waals surface area (Å²) in [5.41, 5.74) is 0.396. The predicted octanol–water partition coefficient (Wildman–Crippen LogP) is 4.87. The van der Waals surface area contributed by atoms with Crippen LogP contribution in [0.1, 0.15) is 39.2 Å². The Balaban J connectivity index is 2.21. The quantitative estimate of drug-likeness (QED) is 0.358. The molecule has 2 aromatic carbocycles. The summed E-state index contributed by atoms with van der Waals surface area (Å²) in [7, 11) is 1.40. The molecule has 7 nitrogen and oxygen atoms in total. The van der Waals surface area contributed by atoms with Gasteiger partial charge in [-0.15, -0.1) is 0 Å². The van der Waals surface area contributed by atoms with E-state index in [1.165, 1.54) is 31.4 Å². The molecular weight excluding hydrogens is 424 g/mol. The van der Waals surface area contributed by atoms with Crippen molar-refractivity contribution in [3.05, 3.63) is 58.3 Å². The summed E-state index contributed by atoms with van der Waals surface area (Å²) in [6, 6.07) is 6.59. The number of aromatic hydroxyl groups is 3. The number of phenolic OH excluding ortho intramolecular Hbond substituents is 3. The zero-order valence-electron chi connectivity index (χ0n) is 19.3. The lowest BCUT2D eigenvalue weighted by Crippen LogP contribution is -2.21. The Morgan fingerprint density at radius 1 is 1.15 bits per heavy atom. The van der Waals surface area contributed by atoms with Gasteiger partial charge in [-0.25, -0.2) is 0 Å². The van der Waals surface area contributed by atoms with Crippen molar-refractivity contribution in [2.45, 2.75) is 45.6 Å². The second kappa shape index (κ2) is 9.19. The Labute approximate surface area is 192 Å². The number of benzene rings is 2. The third kappa shape index (κ3) is 5.31. The smallest absolute Gasteiger partial charge is 0.197 e. The molecule has 0 aliphatic heterocycles. The maximum absolute atomic E-state index is 13.1. The molecule has 0 aliphatic rings. The van der Waals surface area contributed by atoms with Crippen molar-refractivity contribution >= 4 is 11.0 Å². The van der Waals surface area contributed by atoms with Gasteiger partial charge in [-0.05, 0) is 58.1 Å². The molecule has 1 aromatic heterocycles. The SMILES string of the molecule is C=C(C)C(CCC(C)(C)O)Cc1c(O)cc(OC)c2c(=O)cc(-c3ccc(O)cc3O)oc12. The van der Waals surface area contributed by atoms with E-state index in [9.17, 15) is 25.2 Å². The van der Waals surface area contributed by atoms with Gasteiger partial charge in [0.2, 0.25) is 0 Å². The number of ether oxygens (including phenoxy) is 1. The van der Waals surface area contributed by atoms with Crippen LogP contribution in [-0.4, -0.2) is 33.1 Å². The number of rotatable bonds is 8. The van der Waals surface area contributed by atoms with Gasteiger partial charge in [0, 0.05) is 23.8 Å². The summed E-state index contributed by atoms with van der Waals surface area (Å²) < 4.78 is 11.4. The van der Waals surface area contributed by atoms with Crippen molar-refractivity contribution < 1.29 is 29.6 Å². The molecule has 176 valence electrons. The van der Waals surface area contributed by atoms with Gasteiger partial charge in [-0.1, -0.05) is 12.2 Å². The number of methoxy groups -OCH3 is 1. The first kappa shape index (κ1) is 24.2. The minimum Gasteiger partial charge on any atom is -0.508 e. The highest BCUT2D eigenvalue weighted by atomic mass is 16.5. The van der Waals surface area contributed by atoms with E-state index in [0.29, 0.717) is 24.8 Å². The van der Waals surface area contributed by atoms with E-state index in [1.807, 2.05) is 6.92 Å². The van der Waals surface area contributed by atoms with Gasteiger partial charge in [0.25, 0.3) is 0 Å². The highest BCUT2D eigenvalue weighted by molar-refractivity contribution is 5.90. The first-order valence-corrected chi connectivity index (χ1v) is 10.7. The molecule has 33 heavy (non-hydrogen) atoms. The minimum atomic E-state index is -0.853. The summed E-state index contributed by atoms with van der Waals surface area (Å²) in [5, 5.41) is 41.0. The molecule has 0 saturated heterocycles. The molecule has 0 bridgehead atoms. The van der Waals surface area contributed by atoms with Crippen molar-refractivity contribution in [1.29, 1.82) is 0 Å². The number of aliphatic hydroxyl groups is 1. The molecule has 0 aliphatic carbocycles. The van der Waals surface area contributed by atoms with E-state index >= 15 is 0 Å². The van der Waals surface area contributed by atoms with Gasteiger partial charge in [0.1, 0.15) is 39.7 Å². The Kier molecular flexibility index (Phi) is 6.74. The predicted molar refractivity (Wildman–Crippen MR) is 127 cm³/mol. The second-order valence-corrected chi connectivity index (χ2v) is 9.06. The minimum absolute atomic E-state index is 0.0854. The van der Waals surface area contributed by atoms with E-state index in [1.54, 1.807) is 13.8 Å². The fourth-order valence-electron chi connectivity index (χ4n) is 3.86. The molecule has 4 N–H and O–H groups in total. The molecule has 0 saturated carbocycles. The standard InChI is InChI=1S/C26H30O7/c1-14(2)15(8-9-26(3,4)31)10-18-20(29)12-23(32-5)24-21(30)13-22(33-25(18)24)17-7-6-16(27)11-19(17)28/h6-7,11-13,15,27-29,31H,1,8-10H2,2-5H3. The van der Waals surface area contributed by atoms with Gasteiger partial charge >= 0.3 is 0 Å². The summed E-state index contributed by atoms with van der Waals surface area (Å²) in [6.07, 6.45) is 1.47. The normalized spacial score (nSPS) is 12.6. The maximum atomic E-state index is 13.1. The Morgan fingerprint density at radius 2 is 1.85 bits per heavy atom. The number of phenols is 3. The molecule has 1 heterocycles. The highest BCUT2D eigenvalue weighted by Gasteiger charge is 2.24. The summed E-state index contributed by atoms with van der Waals surface area (Å²) in [6.45, 7) is 9.41. The van der Waals surface area contributed by atoms with Crippen LogP contribution in [0.3, 0.4) is 0 Å². The Bertz CT molecular complexity index is 1250. The molecule has 0 spiro atoms. The van der Waals surface area contributed by atoms with Crippen LogP contribution in [0.5, 0.6) is 23.0 Å². The molecule has 0 fully saturated rings. The van der Waals surface area contributed by atoms with Gasteiger partial charge in [0.15, 0.2) is 5.43 Å². The molecule has 0 radical (unpaired) electrons. The van der Waals surface area contributed by atoms with Crippen LogP contribution in [0.15, 0.2) is 51.7 Å². The lowest BCUT2D eigenvalue weighted by molar-refractivity contribution is 0.0651. The second-order valence-electron chi connectivity index (χ2n) is 9.06. The van der Waals surface area contributed by atoms with Crippen molar-refractivity contribution in [3.8, 4) is 34.3 Å². The summed E-state index contributed by atoms with van der Waals surface area (Å²) >= 11 is 0. The van der Waals surface area contributed by atoms with Gasteiger partial charge in [-0.2, -0.15) is 0 Å². The fraction of sp³-hybridized carbons (Fsp3) is 0.346. The van der Waals surface area contributed by atoms with E-state index in [4.69, 9.17) is 9.15 Å². The Hall–Kier alpha value is -3.45. The zero-order chi connectivity index (χ0) is 24.5. The third-order valence-electron chi connectivity index (χ3n) is 5.76. The topological polar surface area (TPSA) is 120 Å². The first-order valence-electron chi connectivity index (χ1n) is 10.7. The van der Waals surface area contributed by atoms with Crippen LogP contribution >= 0.6 is 0 Å². The van der Waals surface area contributed by atoms with E-state index in [-0.39, 0.29) is 51.2 Å². The third-order valence-corrected chi connectivity index (χ3v) is 5.76. The lowest BCUT2D eigenvalue weighted by Gasteiger charge is -2.23. The largest absolute Gasteiger partial charge is 0.508 e. The monoisotopic (exact) mass is 454 g/mol. The molecule has 3 rings (SSSR count). The van der Waals surface area contributed by atoms with E-state index in [2.05, 4.69) is 6.58 Å². The van der Waals surface area contributed by atoms with Gasteiger partial charge in [-0.3, -0.25) is 4.79 Å². The first-order chi connectivity index (χ1) is 15.4. The molecule has 0 amide bonds. The molecule has 3 aromatic rings. The van der Waals surface area contributed by atoms with E-state index in [0.717, 1.165) is 11.6 Å². The van der Waals surface area contributed by atoms with Gasteiger partial charge in [0.05, 0.1) is 18.3 Å². The number of fused-ring (bicyclic) bond motifs is 1. The molecule has 1 atom stereocenters. The van der Waals surface area contributed by atoms with Crippen molar-refractivity contribution in [2.75, 3.05) is 7.11 Å². The lowest BCUT2D eigenvalue weighted by atomic mass is 9.85. The van der Waals surface area contributed by atoms with Crippen LogP contribution in [0, 0.1) is 5.92 Å². The average Bonchev–Trinajstić information content (AvgIpc) is 2.70.